The highest BCUT2D eigenvalue weighted by molar-refractivity contribution is 7.09. The Labute approximate surface area is 109 Å². The number of rotatable bonds is 3. The second-order valence-electron chi connectivity index (χ2n) is 4.62. The molecule has 1 fully saturated rings. The minimum atomic E-state index is 0.271. The summed E-state index contributed by atoms with van der Waals surface area (Å²) in [7, 11) is 0. The van der Waals surface area contributed by atoms with E-state index >= 15 is 0 Å². The molecule has 0 aromatic carbocycles. The van der Waals surface area contributed by atoms with Gasteiger partial charge in [0.05, 0.1) is 0 Å². The van der Waals surface area contributed by atoms with E-state index in [4.69, 9.17) is 4.52 Å². The third-order valence-electron chi connectivity index (χ3n) is 3.29. The maximum atomic E-state index is 11.2. The van der Waals surface area contributed by atoms with Crippen LogP contribution in [0, 0.1) is 0 Å². The maximum absolute atomic E-state index is 11.2. The Morgan fingerprint density at radius 3 is 2.94 bits per heavy atom. The molecule has 3 rings (SSSR count). The number of hydrogen-bond donors (Lipinski definition) is 0. The first-order chi connectivity index (χ1) is 8.81. The predicted molar refractivity (Wildman–Crippen MR) is 67.6 cm³/mol. The first kappa shape index (κ1) is 11.6. The third kappa shape index (κ3) is 2.51. The van der Waals surface area contributed by atoms with Crippen molar-refractivity contribution in [1.82, 2.24) is 10.1 Å². The van der Waals surface area contributed by atoms with Crippen molar-refractivity contribution in [3.05, 3.63) is 34.1 Å². The number of carbonyl (C=O) groups excluding carboxylic acids is 1. The van der Waals surface area contributed by atoms with Crippen molar-refractivity contribution in [1.29, 1.82) is 0 Å². The quantitative estimate of drug-likeness (QED) is 0.853. The van der Waals surface area contributed by atoms with E-state index in [1.54, 1.807) is 11.3 Å². The molecule has 5 heteroatoms. The lowest BCUT2D eigenvalue weighted by Gasteiger charge is -2.16. The van der Waals surface area contributed by atoms with E-state index in [0.29, 0.717) is 24.5 Å². The average molecular weight is 262 g/mol. The SMILES string of the molecule is O=C1CCC(c2nc(Cc3cccs3)no2)CC1. The van der Waals surface area contributed by atoms with Gasteiger partial charge in [0.1, 0.15) is 5.78 Å². The number of nitrogens with zero attached hydrogens (tertiary/aromatic N) is 2. The largest absolute Gasteiger partial charge is 0.339 e. The number of hydrogen-bond acceptors (Lipinski definition) is 5. The van der Waals surface area contributed by atoms with Crippen molar-refractivity contribution >= 4 is 17.1 Å². The molecule has 4 nitrogen and oxygen atoms in total. The topological polar surface area (TPSA) is 56.0 Å². The minimum Gasteiger partial charge on any atom is -0.339 e. The Kier molecular flexibility index (Phi) is 3.23. The first-order valence-corrected chi connectivity index (χ1v) is 7.06. The fraction of sp³-hybridized carbons (Fsp3) is 0.462. The smallest absolute Gasteiger partial charge is 0.229 e. The van der Waals surface area contributed by atoms with Gasteiger partial charge in [-0.2, -0.15) is 4.98 Å². The molecule has 18 heavy (non-hydrogen) atoms. The fourth-order valence-corrected chi connectivity index (χ4v) is 2.96. The van der Waals surface area contributed by atoms with Gasteiger partial charge in [0, 0.05) is 30.1 Å². The van der Waals surface area contributed by atoms with Crippen LogP contribution in [-0.2, 0) is 11.2 Å². The van der Waals surface area contributed by atoms with Gasteiger partial charge in [-0.1, -0.05) is 11.2 Å². The molecule has 2 aromatic heterocycles. The summed E-state index contributed by atoms with van der Waals surface area (Å²) in [5.41, 5.74) is 0. The molecule has 2 heterocycles. The molecule has 0 amide bonds. The van der Waals surface area contributed by atoms with Gasteiger partial charge in [0.15, 0.2) is 5.82 Å². The van der Waals surface area contributed by atoms with Gasteiger partial charge in [-0.3, -0.25) is 4.79 Å². The van der Waals surface area contributed by atoms with E-state index in [-0.39, 0.29) is 5.92 Å². The molecule has 0 bridgehead atoms. The molecule has 0 spiro atoms. The standard InChI is InChI=1S/C13H14N2O2S/c16-10-5-3-9(4-6-10)13-14-12(15-17-13)8-11-2-1-7-18-11/h1-2,7,9H,3-6,8H2. The summed E-state index contributed by atoms with van der Waals surface area (Å²) in [6.07, 6.45) is 3.71. The van der Waals surface area contributed by atoms with Crippen LogP contribution in [-0.4, -0.2) is 15.9 Å². The fourth-order valence-electron chi connectivity index (χ4n) is 2.26. The van der Waals surface area contributed by atoms with E-state index in [0.717, 1.165) is 25.1 Å². The highest BCUT2D eigenvalue weighted by atomic mass is 32.1. The summed E-state index contributed by atoms with van der Waals surface area (Å²) in [6, 6.07) is 4.09. The molecule has 1 saturated carbocycles. The van der Waals surface area contributed by atoms with E-state index in [1.165, 1.54) is 4.88 Å². The van der Waals surface area contributed by atoms with Crippen LogP contribution in [0.4, 0.5) is 0 Å². The molecule has 2 aromatic rings. The van der Waals surface area contributed by atoms with E-state index in [2.05, 4.69) is 16.2 Å². The number of carbonyl (C=O) groups is 1. The summed E-state index contributed by atoms with van der Waals surface area (Å²) >= 11 is 1.70. The van der Waals surface area contributed by atoms with E-state index < -0.39 is 0 Å². The van der Waals surface area contributed by atoms with Crippen molar-refractivity contribution in [2.24, 2.45) is 0 Å². The highest BCUT2D eigenvalue weighted by Crippen LogP contribution is 2.30. The Balaban J connectivity index is 1.67. The summed E-state index contributed by atoms with van der Waals surface area (Å²) in [6.45, 7) is 0. The summed E-state index contributed by atoms with van der Waals surface area (Å²) < 4.78 is 5.32. The van der Waals surface area contributed by atoms with Gasteiger partial charge < -0.3 is 4.52 Å². The minimum absolute atomic E-state index is 0.271. The number of aromatic nitrogens is 2. The van der Waals surface area contributed by atoms with Gasteiger partial charge in [-0.25, -0.2) is 0 Å². The van der Waals surface area contributed by atoms with Crippen molar-refractivity contribution in [3.63, 3.8) is 0 Å². The highest BCUT2D eigenvalue weighted by Gasteiger charge is 2.24. The molecule has 0 unspecified atom stereocenters. The molecular weight excluding hydrogens is 248 g/mol. The van der Waals surface area contributed by atoms with E-state index in [9.17, 15) is 4.79 Å². The summed E-state index contributed by atoms with van der Waals surface area (Å²) in [5, 5.41) is 6.07. The van der Waals surface area contributed by atoms with Crippen LogP contribution in [0.2, 0.25) is 0 Å². The summed E-state index contributed by atoms with van der Waals surface area (Å²) in [4.78, 5) is 16.9. The van der Waals surface area contributed by atoms with Gasteiger partial charge in [-0.15, -0.1) is 11.3 Å². The third-order valence-corrected chi connectivity index (χ3v) is 4.17. The Morgan fingerprint density at radius 1 is 1.39 bits per heavy atom. The first-order valence-electron chi connectivity index (χ1n) is 6.18. The molecular formula is C13H14N2O2S. The molecule has 0 atom stereocenters. The molecule has 1 aliphatic rings. The van der Waals surface area contributed by atoms with Gasteiger partial charge in [0.25, 0.3) is 0 Å². The molecule has 1 aliphatic carbocycles. The van der Waals surface area contributed by atoms with Crippen molar-refractivity contribution in [2.75, 3.05) is 0 Å². The Morgan fingerprint density at radius 2 is 2.22 bits per heavy atom. The normalized spacial score (nSPS) is 17.2. The van der Waals surface area contributed by atoms with Crippen LogP contribution < -0.4 is 0 Å². The monoisotopic (exact) mass is 262 g/mol. The zero-order valence-corrected chi connectivity index (χ0v) is 10.8. The van der Waals surface area contributed by atoms with Crippen LogP contribution in [0.1, 0.15) is 48.2 Å². The number of ketones is 1. The van der Waals surface area contributed by atoms with Crippen LogP contribution >= 0.6 is 11.3 Å². The lowest BCUT2D eigenvalue weighted by molar-refractivity contribution is -0.120. The molecule has 0 saturated heterocycles. The number of Topliss-reactive ketones (excluding diaryl/α,β-unsaturated/α-hetero) is 1. The van der Waals surface area contributed by atoms with Crippen LogP contribution in [0.15, 0.2) is 22.0 Å². The zero-order chi connectivity index (χ0) is 12.4. The number of thiophene rings is 1. The van der Waals surface area contributed by atoms with Crippen LogP contribution in [0.3, 0.4) is 0 Å². The summed E-state index contributed by atoms with van der Waals surface area (Å²) in [5.74, 6) is 2.07. The lowest BCUT2D eigenvalue weighted by Crippen LogP contribution is -2.12. The van der Waals surface area contributed by atoms with Crippen molar-refractivity contribution in [3.8, 4) is 0 Å². The van der Waals surface area contributed by atoms with Gasteiger partial charge in [0.2, 0.25) is 5.89 Å². The second-order valence-corrected chi connectivity index (χ2v) is 5.65. The van der Waals surface area contributed by atoms with E-state index in [1.807, 2.05) is 11.4 Å². The van der Waals surface area contributed by atoms with Gasteiger partial charge >= 0.3 is 0 Å². The molecule has 0 aliphatic heterocycles. The lowest BCUT2D eigenvalue weighted by atomic mass is 9.88. The van der Waals surface area contributed by atoms with Crippen LogP contribution in [0.5, 0.6) is 0 Å². The average Bonchev–Trinajstić information content (AvgIpc) is 3.02. The predicted octanol–water partition coefficient (Wildman–Crippen LogP) is 2.95. The second kappa shape index (κ2) is 5.02. The Hall–Kier alpha value is -1.49. The molecule has 0 N–H and O–H groups in total. The van der Waals surface area contributed by atoms with Crippen molar-refractivity contribution < 1.29 is 9.32 Å². The van der Waals surface area contributed by atoms with Crippen molar-refractivity contribution in [2.45, 2.75) is 38.0 Å². The molecule has 0 radical (unpaired) electrons. The van der Waals surface area contributed by atoms with Crippen LogP contribution in [0.25, 0.3) is 0 Å². The zero-order valence-electron chi connectivity index (χ0n) is 9.96. The van der Waals surface area contributed by atoms with Gasteiger partial charge in [-0.05, 0) is 24.3 Å². The molecule has 94 valence electrons. The maximum Gasteiger partial charge on any atom is 0.229 e. The Bertz CT molecular complexity index is 523.